The summed E-state index contributed by atoms with van der Waals surface area (Å²) >= 11 is 0. The van der Waals surface area contributed by atoms with Gasteiger partial charge in [-0.15, -0.1) is 5.10 Å². The van der Waals surface area contributed by atoms with E-state index in [1.54, 1.807) is 37.4 Å². The fraction of sp³-hybridized carbons (Fsp3) is 0.118. The number of benzene rings is 2. The number of amides is 1. The maximum absolute atomic E-state index is 13.2. The van der Waals surface area contributed by atoms with Crippen LogP contribution in [0.15, 0.2) is 52.9 Å². The molecule has 0 aliphatic heterocycles. The van der Waals surface area contributed by atoms with Crippen LogP contribution in [0, 0.1) is 5.82 Å². The van der Waals surface area contributed by atoms with Gasteiger partial charge in [0.15, 0.2) is 6.61 Å². The van der Waals surface area contributed by atoms with Crippen molar-refractivity contribution in [1.82, 2.24) is 10.2 Å². The van der Waals surface area contributed by atoms with E-state index in [1.807, 2.05) is 0 Å². The second kappa shape index (κ2) is 7.43. The van der Waals surface area contributed by atoms with Crippen LogP contribution < -0.4 is 14.8 Å². The molecule has 3 aromatic rings. The van der Waals surface area contributed by atoms with Crippen LogP contribution in [0.1, 0.15) is 0 Å². The van der Waals surface area contributed by atoms with E-state index in [-0.39, 0.29) is 18.5 Å². The van der Waals surface area contributed by atoms with E-state index in [0.29, 0.717) is 17.1 Å². The Balaban J connectivity index is 1.56. The first-order valence-corrected chi connectivity index (χ1v) is 7.30. The first-order chi connectivity index (χ1) is 12.1. The number of carbonyl (C=O) groups excluding carboxylic acids is 1. The lowest BCUT2D eigenvalue weighted by molar-refractivity contribution is -0.118. The van der Waals surface area contributed by atoms with Gasteiger partial charge in [-0.05, 0) is 42.5 Å². The van der Waals surface area contributed by atoms with Crippen LogP contribution in [0.5, 0.6) is 11.5 Å². The fourth-order valence-electron chi connectivity index (χ4n) is 1.99. The van der Waals surface area contributed by atoms with Crippen LogP contribution in [0.4, 0.5) is 10.4 Å². The van der Waals surface area contributed by atoms with E-state index in [2.05, 4.69) is 15.5 Å². The maximum Gasteiger partial charge on any atom is 0.322 e. The van der Waals surface area contributed by atoms with Crippen LogP contribution >= 0.6 is 0 Å². The first-order valence-electron chi connectivity index (χ1n) is 7.30. The summed E-state index contributed by atoms with van der Waals surface area (Å²) in [5.41, 5.74) is 0.419. The third-order valence-electron chi connectivity index (χ3n) is 3.17. The van der Waals surface area contributed by atoms with Gasteiger partial charge in [0.1, 0.15) is 17.3 Å². The van der Waals surface area contributed by atoms with Crippen molar-refractivity contribution in [2.24, 2.45) is 0 Å². The highest BCUT2D eigenvalue weighted by molar-refractivity contribution is 5.89. The number of ether oxygens (including phenoxy) is 2. The van der Waals surface area contributed by atoms with Crippen molar-refractivity contribution >= 4 is 11.9 Å². The molecule has 0 bridgehead atoms. The first kappa shape index (κ1) is 16.4. The molecule has 1 N–H and O–H groups in total. The second-order valence-corrected chi connectivity index (χ2v) is 4.94. The summed E-state index contributed by atoms with van der Waals surface area (Å²) < 4.78 is 28.9. The number of hydrogen-bond donors (Lipinski definition) is 1. The molecule has 8 heteroatoms. The van der Waals surface area contributed by atoms with Gasteiger partial charge in [0, 0.05) is 5.56 Å². The number of methoxy groups -OCH3 is 1. The summed E-state index contributed by atoms with van der Waals surface area (Å²) in [5.74, 6) is 0.416. The van der Waals surface area contributed by atoms with E-state index < -0.39 is 11.7 Å². The molecule has 0 atom stereocenters. The Labute approximate surface area is 142 Å². The molecule has 0 radical (unpaired) electrons. The van der Waals surface area contributed by atoms with E-state index in [9.17, 15) is 9.18 Å². The quantitative estimate of drug-likeness (QED) is 0.740. The topological polar surface area (TPSA) is 86.5 Å². The maximum atomic E-state index is 13.2. The van der Waals surface area contributed by atoms with Crippen molar-refractivity contribution in [2.45, 2.75) is 0 Å². The lowest BCUT2D eigenvalue weighted by atomic mass is 10.2. The predicted molar refractivity (Wildman–Crippen MR) is 86.8 cm³/mol. The standard InChI is InChI=1S/C17H14FN3O4/c1-23-13-5-7-14(8-6-13)24-10-15(22)19-17-21-20-16(25-17)11-3-2-4-12(18)9-11/h2-9H,10H2,1H3,(H,19,21,22). The largest absolute Gasteiger partial charge is 0.497 e. The van der Waals surface area contributed by atoms with Gasteiger partial charge in [0.2, 0.25) is 5.89 Å². The minimum Gasteiger partial charge on any atom is -0.497 e. The molecule has 3 rings (SSSR count). The highest BCUT2D eigenvalue weighted by atomic mass is 19.1. The molecule has 0 unspecified atom stereocenters. The predicted octanol–water partition coefficient (Wildman–Crippen LogP) is 2.90. The summed E-state index contributed by atoms with van der Waals surface area (Å²) in [6.07, 6.45) is 0. The van der Waals surface area contributed by atoms with Crippen molar-refractivity contribution in [3.05, 3.63) is 54.3 Å². The third-order valence-corrected chi connectivity index (χ3v) is 3.17. The average Bonchev–Trinajstić information content (AvgIpc) is 3.09. The van der Waals surface area contributed by atoms with Crippen LogP contribution in [0.3, 0.4) is 0 Å². The molecule has 25 heavy (non-hydrogen) atoms. The molecule has 7 nitrogen and oxygen atoms in total. The van der Waals surface area contributed by atoms with Crippen molar-refractivity contribution < 1.29 is 23.1 Å². The SMILES string of the molecule is COc1ccc(OCC(=O)Nc2nnc(-c3cccc(F)c3)o2)cc1. The number of aromatic nitrogens is 2. The molecule has 0 saturated carbocycles. The summed E-state index contributed by atoms with van der Waals surface area (Å²) in [6, 6.07) is 12.4. The second-order valence-electron chi connectivity index (χ2n) is 4.94. The van der Waals surface area contributed by atoms with E-state index in [4.69, 9.17) is 13.9 Å². The van der Waals surface area contributed by atoms with Crippen LogP contribution in [0.25, 0.3) is 11.5 Å². The molecule has 0 saturated heterocycles. The van der Waals surface area contributed by atoms with Gasteiger partial charge in [0.25, 0.3) is 5.91 Å². The van der Waals surface area contributed by atoms with Gasteiger partial charge < -0.3 is 13.9 Å². The van der Waals surface area contributed by atoms with Gasteiger partial charge in [0.05, 0.1) is 7.11 Å². The smallest absolute Gasteiger partial charge is 0.322 e. The number of halogens is 1. The zero-order valence-electron chi connectivity index (χ0n) is 13.2. The van der Waals surface area contributed by atoms with Crippen molar-refractivity contribution in [3.63, 3.8) is 0 Å². The van der Waals surface area contributed by atoms with Gasteiger partial charge >= 0.3 is 6.01 Å². The average molecular weight is 343 g/mol. The molecule has 0 fully saturated rings. The molecule has 1 amide bonds. The Morgan fingerprint density at radius 2 is 1.92 bits per heavy atom. The molecule has 128 valence electrons. The Morgan fingerprint density at radius 3 is 2.64 bits per heavy atom. The minimum absolute atomic E-state index is 0.0948. The number of carbonyl (C=O) groups is 1. The van der Waals surface area contributed by atoms with Crippen molar-refractivity contribution in [1.29, 1.82) is 0 Å². The normalized spacial score (nSPS) is 10.3. The fourth-order valence-corrected chi connectivity index (χ4v) is 1.99. The third kappa shape index (κ3) is 4.31. The molecule has 0 spiro atoms. The zero-order chi connectivity index (χ0) is 17.6. The number of anilines is 1. The summed E-state index contributed by atoms with van der Waals surface area (Å²) in [7, 11) is 1.56. The molecule has 1 aromatic heterocycles. The molecule has 1 heterocycles. The lowest BCUT2D eigenvalue weighted by Crippen LogP contribution is -2.20. The number of hydrogen-bond acceptors (Lipinski definition) is 6. The lowest BCUT2D eigenvalue weighted by Gasteiger charge is -2.06. The Morgan fingerprint density at radius 1 is 1.16 bits per heavy atom. The van der Waals surface area contributed by atoms with E-state index in [0.717, 1.165) is 0 Å². The van der Waals surface area contributed by atoms with Gasteiger partial charge in [-0.1, -0.05) is 11.2 Å². The summed E-state index contributed by atoms with van der Waals surface area (Å²) in [5, 5.41) is 9.88. The molecule has 0 aliphatic carbocycles. The molecular formula is C17H14FN3O4. The summed E-state index contributed by atoms with van der Waals surface area (Å²) in [6.45, 7) is -0.232. The van der Waals surface area contributed by atoms with E-state index in [1.165, 1.54) is 18.2 Å². The van der Waals surface area contributed by atoms with Gasteiger partial charge in [-0.2, -0.15) is 0 Å². The van der Waals surface area contributed by atoms with Crippen LogP contribution in [-0.4, -0.2) is 29.8 Å². The highest BCUT2D eigenvalue weighted by Gasteiger charge is 2.12. The Hall–Kier alpha value is -3.42. The van der Waals surface area contributed by atoms with Crippen molar-refractivity contribution in [2.75, 3.05) is 19.0 Å². The minimum atomic E-state index is -0.467. The van der Waals surface area contributed by atoms with Gasteiger partial charge in [-0.3, -0.25) is 10.1 Å². The van der Waals surface area contributed by atoms with Crippen LogP contribution in [-0.2, 0) is 4.79 Å². The Kier molecular flexibility index (Phi) is 4.89. The Bertz CT molecular complexity index is 864. The monoisotopic (exact) mass is 343 g/mol. The van der Waals surface area contributed by atoms with Crippen molar-refractivity contribution in [3.8, 4) is 23.0 Å². The van der Waals surface area contributed by atoms with Gasteiger partial charge in [-0.25, -0.2) is 4.39 Å². The molecular weight excluding hydrogens is 329 g/mol. The number of nitrogens with one attached hydrogen (secondary N) is 1. The molecule has 0 aliphatic rings. The number of rotatable bonds is 6. The highest BCUT2D eigenvalue weighted by Crippen LogP contribution is 2.20. The van der Waals surface area contributed by atoms with E-state index >= 15 is 0 Å². The van der Waals surface area contributed by atoms with Crippen LogP contribution in [0.2, 0.25) is 0 Å². The summed E-state index contributed by atoms with van der Waals surface area (Å²) in [4.78, 5) is 11.9. The number of nitrogens with zero attached hydrogens (tertiary/aromatic N) is 2. The zero-order valence-corrected chi connectivity index (χ0v) is 13.2. The molecule has 2 aromatic carbocycles.